The molecule has 2 saturated heterocycles. The van der Waals surface area contributed by atoms with E-state index in [4.69, 9.17) is 11.6 Å². The van der Waals surface area contributed by atoms with Gasteiger partial charge in [-0.25, -0.2) is 10.8 Å². The Morgan fingerprint density at radius 2 is 1.90 bits per heavy atom. The van der Waals surface area contributed by atoms with Crippen LogP contribution in [0.15, 0.2) is 41.7 Å². The highest BCUT2D eigenvalue weighted by Gasteiger charge is 2.38. The monoisotopic (exact) mass is 567 g/mol. The minimum absolute atomic E-state index is 0.0455. The molecule has 0 spiro atoms. The Bertz CT molecular complexity index is 1140. The number of piperidine rings is 1. The number of nitrogens with zero attached hydrogens (tertiary/aromatic N) is 3. The number of benzene rings is 1. The van der Waals surface area contributed by atoms with E-state index in [1.807, 2.05) is 42.6 Å². The van der Waals surface area contributed by atoms with E-state index in [0.29, 0.717) is 17.9 Å². The summed E-state index contributed by atoms with van der Waals surface area (Å²) in [5.74, 6) is 7.29. The first-order valence-corrected chi connectivity index (χ1v) is 15.4. The third-order valence-electron chi connectivity index (χ3n) is 8.32. The number of carbonyl (C=O) groups excluding carboxylic acids is 2. The number of thiazole rings is 1. The summed E-state index contributed by atoms with van der Waals surface area (Å²) < 4.78 is 0. The van der Waals surface area contributed by atoms with Gasteiger partial charge in [0.05, 0.1) is 22.1 Å². The molecule has 2 aromatic rings. The van der Waals surface area contributed by atoms with Crippen LogP contribution in [0.2, 0.25) is 0 Å². The van der Waals surface area contributed by atoms with Crippen molar-refractivity contribution in [2.75, 3.05) is 19.6 Å². The quantitative estimate of drug-likeness (QED) is 0.207. The Balaban J connectivity index is 0.000000194. The van der Waals surface area contributed by atoms with E-state index in [1.165, 1.54) is 10.4 Å². The highest BCUT2D eigenvalue weighted by Crippen LogP contribution is 2.34. The average molecular weight is 568 g/mol. The number of likely N-dealkylation sites (tertiary alicyclic amines) is 1. The van der Waals surface area contributed by atoms with Gasteiger partial charge in [0, 0.05) is 30.4 Å². The van der Waals surface area contributed by atoms with Gasteiger partial charge in [-0.1, -0.05) is 24.3 Å². The van der Waals surface area contributed by atoms with Crippen LogP contribution in [0, 0.1) is 18.8 Å². The maximum atomic E-state index is 13.2. The molecule has 2 aliphatic heterocycles. The third kappa shape index (κ3) is 7.62. The van der Waals surface area contributed by atoms with E-state index >= 15 is 0 Å². The van der Waals surface area contributed by atoms with Crippen molar-refractivity contribution in [1.82, 2.24) is 25.5 Å². The molecular weight excluding hydrogens is 522 g/mol. The summed E-state index contributed by atoms with van der Waals surface area (Å²) in [4.78, 5) is 31.0. The number of aryl methyl sites for hydroxylation is 1. The molecule has 2 amide bonds. The van der Waals surface area contributed by atoms with Crippen LogP contribution in [0.3, 0.4) is 0 Å². The highest BCUT2D eigenvalue weighted by molar-refractivity contribution is 7.13. The fourth-order valence-corrected chi connectivity index (χ4v) is 6.45. The number of carbonyl (C=O) groups is 2. The number of nitrogens with one attached hydrogen (secondary N) is 2. The molecule has 0 radical (unpaired) electrons. The smallest absolute Gasteiger partial charge is 0.247 e. The summed E-state index contributed by atoms with van der Waals surface area (Å²) in [5.41, 5.74) is 12.1. The van der Waals surface area contributed by atoms with E-state index in [-0.39, 0.29) is 18.0 Å². The molecule has 0 bridgehead atoms. The van der Waals surface area contributed by atoms with Crippen molar-refractivity contribution in [3.05, 3.63) is 52.9 Å². The molecule has 3 fully saturated rings. The summed E-state index contributed by atoms with van der Waals surface area (Å²) in [5, 5.41) is 7.73. The topological polar surface area (TPSA) is 130 Å². The maximum Gasteiger partial charge on any atom is 0.247 e. The van der Waals surface area contributed by atoms with Crippen molar-refractivity contribution in [3.8, 4) is 10.4 Å². The highest BCUT2D eigenvalue weighted by atomic mass is 32.1. The lowest BCUT2D eigenvalue weighted by molar-refractivity contribution is -0.139. The van der Waals surface area contributed by atoms with Crippen LogP contribution in [-0.2, 0) is 9.59 Å². The minimum atomic E-state index is -0.282. The molecular formula is C30H45N7O2S. The molecule has 218 valence electrons. The number of hydrogen-bond donors (Lipinski definition) is 4. The fraction of sp³-hybridized carbons (Fsp3) is 0.567. The van der Waals surface area contributed by atoms with Gasteiger partial charge in [0.2, 0.25) is 12.3 Å². The second kappa shape index (κ2) is 14.1. The largest absolute Gasteiger partial charge is 0.401 e. The number of allylic oxidation sites excluding steroid dienone is 1. The Hall–Kier alpha value is -2.95. The Kier molecular flexibility index (Phi) is 10.6. The zero-order valence-corrected chi connectivity index (χ0v) is 24.8. The van der Waals surface area contributed by atoms with Gasteiger partial charge < -0.3 is 26.3 Å². The van der Waals surface area contributed by atoms with Gasteiger partial charge in [-0.05, 0) is 89.4 Å². The zero-order chi connectivity index (χ0) is 28.6. The lowest BCUT2D eigenvalue weighted by Gasteiger charge is -2.38. The number of rotatable bonds is 9. The maximum absolute atomic E-state index is 13.2. The summed E-state index contributed by atoms with van der Waals surface area (Å²) >= 11 is 1.64. The molecule has 3 atom stereocenters. The average Bonchev–Trinajstić information content (AvgIpc) is 3.59. The minimum Gasteiger partial charge on any atom is -0.401 e. The molecule has 10 heteroatoms. The number of nitrogens with two attached hydrogens (primary N) is 2. The first kappa shape index (κ1) is 30.0. The summed E-state index contributed by atoms with van der Waals surface area (Å²) in [7, 11) is 0. The van der Waals surface area contributed by atoms with Gasteiger partial charge in [-0.2, -0.15) is 0 Å². The molecule has 3 unspecified atom stereocenters. The lowest BCUT2D eigenvalue weighted by Crippen LogP contribution is -2.55. The van der Waals surface area contributed by atoms with Gasteiger partial charge in [0.25, 0.3) is 0 Å². The normalized spacial score (nSPS) is 21.2. The number of amides is 2. The van der Waals surface area contributed by atoms with Crippen molar-refractivity contribution in [1.29, 1.82) is 0 Å². The summed E-state index contributed by atoms with van der Waals surface area (Å²) in [6.07, 6.45) is 9.00. The van der Waals surface area contributed by atoms with Crippen LogP contribution in [0.5, 0.6) is 0 Å². The van der Waals surface area contributed by atoms with Gasteiger partial charge in [0.1, 0.15) is 6.04 Å². The van der Waals surface area contributed by atoms with Crippen molar-refractivity contribution in [2.45, 2.75) is 77.4 Å². The van der Waals surface area contributed by atoms with Crippen molar-refractivity contribution in [3.63, 3.8) is 0 Å². The van der Waals surface area contributed by atoms with Gasteiger partial charge in [-0.15, -0.1) is 11.3 Å². The number of aromatic nitrogens is 1. The van der Waals surface area contributed by atoms with E-state index in [2.05, 4.69) is 34.7 Å². The first-order valence-electron chi connectivity index (χ1n) is 14.5. The van der Waals surface area contributed by atoms with Crippen molar-refractivity contribution in [2.24, 2.45) is 23.4 Å². The van der Waals surface area contributed by atoms with Crippen LogP contribution < -0.4 is 22.2 Å². The lowest BCUT2D eigenvalue weighted by atomic mass is 9.88. The van der Waals surface area contributed by atoms with Gasteiger partial charge >= 0.3 is 0 Å². The predicted octanol–water partition coefficient (Wildman–Crippen LogP) is 3.68. The van der Waals surface area contributed by atoms with E-state index in [0.717, 1.165) is 81.5 Å². The molecule has 3 aliphatic rings. The number of hydrogen-bond acceptors (Lipinski definition) is 8. The first-order chi connectivity index (χ1) is 19.3. The van der Waals surface area contributed by atoms with E-state index in [9.17, 15) is 9.59 Å². The third-order valence-corrected chi connectivity index (χ3v) is 9.30. The van der Waals surface area contributed by atoms with Crippen LogP contribution in [-0.4, -0.2) is 58.9 Å². The molecule has 1 saturated carbocycles. The standard InChI is InChI=1S/C17H31N5O.C13H14N2OS/c1-12-3-2-10-21(12)17(23)16(14-6-8-20-9-7-14)22(19)11-15(18)13-4-5-13;1-9(14-7-16)11-3-5-12(6-4-11)13-10(2)15-8-17-13/h11-14,16,20H,2-10,18-19H2,1H3;3-9H,1-2H3,(H,14,16)/b15-11-;. The second-order valence-corrected chi connectivity index (χ2v) is 12.2. The molecule has 40 heavy (non-hydrogen) atoms. The van der Waals surface area contributed by atoms with Crippen molar-refractivity contribution >= 4 is 23.7 Å². The van der Waals surface area contributed by atoms with Crippen LogP contribution in [0.4, 0.5) is 0 Å². The molecule has 6 N–H and O–H groups in total. The summed E-state index contributed by atoms with van der Waals surface area (Å²) in [6.45, 7) is 8.88. The van der Waals surface area contributed by atoms with Crippen LogP contribution in [0.1, 0.15) is 69.7 Å². The SMILES string of the molecule is CC1CCCN1C(=O)C(C1CCNCC1)N(N)/C=C(\N)C1CC1.Cc1ncsc1-c1ccc(C(C)NC=O)cc1. The molecule has 5 rings (SSSR count). The second-order valence-electron chi connectivity index (χ2n) is 11.3. The molecule has 1 aliphatic carbocycles. The van der Waals surface area contributed by atoms with E-state index in [1.54, 1.807) is 16.3 Å². The molecule has 9 nitrogen and oxygen atoms in total. The Morgan fingerprint density at radius 1 is 1.20 bits per heavy atom. The number of hydrazine groups is 1. The van der Waals surface area contributed by atoms with Crippen molar-refractivity contribution < 1.29 is 9.59 Å². The molecule has 1 aromatic carbocycles. The molecule has 1 aromatic heterocycles. The van der Waals surface area contributed by atoms with Gasteiger partial charge in [0.15, 0.2) is 0 Å². The fourth-order valence-electron chi connectivity index (χ4n) is 5.64. The Labute approximate surface area is 242 Å². The van der Waals surface area contributed by atoms with Gasteiger partial charge in [-0.3, -0.25) is 9.59 Å². The Morgan fingerprint density at radius 3 is 2.45 bits per heavy atom. The summed E-state index contributed by atoms with van der Waals surface area (Å²) in [6, 6.07) is 8.30. The van der Waals surface area contributed by atoms with E-state index < -0.39 is 0 Å². The zero-order valence-electron chi connectivity index (χ0n) is 24.0. The predicted molar refractivity (Wildman–Crippen MR) is 161 cm³/mol. The van der Waals surface area contributed by atoms with Crippen LogP contribution in [0.25, 0.3) is 10.4 Å². The van der Waals surface area contributed by atoms with Crippen LogP contribution >= 0.6 is 11.3 Å². The molecule has 3 heterocycles.